The minimum Gasteiger partial charge on any atom is -0.463 e. The van der Waals surface area contributed by atoms with Gasteiger partial charge in [0.1, 0.15) is 0 Å². The predicted molar refractivity (Wildman–Crippen MR) is 79.8 cm³/mol. The van der Waals surface area contributed by atoms with Gasteiger partial charge in [-0.1, -0.05) is 11.6 Å². The zero-order chi connectivity index (χ0) is 15.4. The van der Waals surface area contributed by atoms with E-state index in [2.05, 4.69) is 0 Å². The van der Waals surface area contributed by atoms with Gasteiger partial charge < -0.3 is 4.74 Å². The fourth-order valence-corrected chi connectivity index (χ4v) is 2.35. The van der Waals surface area contributed by atoms with Crippen molar-refractivity contribution in [2.24, 2.45) is 0 Å². The summed E-state index contributed by atoms with van der Waals surface area (Å²) in [6.07, 6.45) is 2.81. The van der Waals surface area contributed by atoms with Gasteiger partial charge in [0.05, 0.1) is 11.5 Å². The average Bonchev–Trinajstić information content (AvgIpc) is 2.47. The molecule has 1 aromatic rings. The van der Waals surface area contributed by atoms with Crippen molar-refractivity contribution in [1.82, 2.24) is 0 Å². The molecule has 0 fully saturated rings. The van der Waals surface area contributed by atoms with Crippen molar-refractivity contribution in [3.8, 4) is 0 Å². The third kappa shape index (κ3) is 3.49. The molecule has 0 radical (unpaired) electrons. The van der Waals surface area contributed by atoms with Gasteiger partial charge in [-0.3, -0.25) is 10.1 Å². The summed E-state index contributed by atoms with van der Waals surface area (Å²) in [5.41, 5.74) is 1.93. The van der Waals surface area contributed by atoms with Crippen LogP contribution in [-0.4, -0.2) is 17.5 Å². The second-order valence-corrected chi connectivity index (χ2v) is 4.99. The maximum atomic E-state index is 12.0. The van der Waals surface area contributed by atoms with Crippen molar-refractivity contribution in [3.63, 3.8) is 0 Å². The molecule has 1 aliphatic carbocycles. The predicted octanol–water partition coefficient (Wildman–Crippen LogP) is 3.83. The summed E-state index contributed by atoms with van der Waals surface area (Å²) >= 11 is 6.06. The van der Waals surface area contributed by atoms with Crippen LogP contribution >= 0.6 is 11.6 Å². The minimum absolute atomic E-state index is 0.00270. The lowest BCUT2D eigenvalue weighted by Crippen LogP contribution is -2.12. The average molecular weight is 308 g/mol. The topological polar surface area (TPSA) is 69.4 Å². The Morgan fingerprint density at radius 3 is 2.57 bits per heavy atom. The van der Waals surface area contributed by atoms with Crippen molar-refractivity contribution in [1.29, 1.82) is 0 Å². The molecular weight excluding hydrogens is 294 g/mol. The SMILES string of the molecule is CCOC(=O)C1=C(c2ccc([N+](=O)[O-])cc2)C=C(Cl)CC1. The lowest BCUT2D eigenvalue weighted by molar-refractivity contribution is -0.384. The molecule has 0 unspecified atom stereocenters. The van der Waals surface area contributed by atoms with Crippen molar-refractivity contribution in [2.45, 2.75) is 19.8 Å². The van der Waals surface area contributed by atoms with Crippen molar-refractivity contribution in [2.75, 3.05) is 6.61 Å². The Morgan fingerprint density at radius 2 is 2.00 bits per heavy atom. The highest BCUT2D eigenvalue weighted by atomic mass is 35.5. The number of esters is 1. The first-order valence-corrected chi connectivity index (χ1v) is 6.92. The molecule has 0 aromatic heterocycles. The van der Waals surface area contributed by atoms with E-state index in [0.717, 1.165) is 0 Å². The summed E-state index contributed by atoms with van der Waals surface area (Å²) in [5, 5.41) is 11.3. The number of carbonyl (C=O) groups is 1. The van der Waals surface area contributed by atoms with E-state index in [1.54, 1.807) is 25.1 Å². The van der Waals surface area contributed by atoms with E-state index in [1.165, 1.54) is 12.1 Å². The van der Waals surface area contributed by atoms with E-state index in [-0.39, 0.29) is 11.7 Å². The van der Waals surface area contributed by atoms with Gasteiger partial charge >= 0.3 is 5.97 Å². The molecule has 6 heteroatoms. The van der Waals surface area contributed by atoms with E-state index < -0.39 is 4.92 Å². The van der Waals surface area contributed by atoms with Crippen LogP contribution in [0.5, 0.6) is 0 Å². The fraction of sp³-hybridized carbons (Fsp3) is 0.267. The van der Waals surface area contributed by atoms with Crippen molar-refractivity contribution in [3.05, 3.63) is 56.6 Å². The Balaban J connectivity index is 2.44. The van der Waals surface area contributed by atoms with Gasteiger partial charge in [-0.25, -0.2) is 4.79 Å². The summed E-state index contributed by atoms with van der Waals surface area (Å²) < 4.78 is 5.05. The lowest BCUT2D eigenvalue weighted by atomic mass is 9.92. The second kappa shape index (κ2) is 6.54. The van der Waals surface area contributed by atoms with E-state index in [0.29, 0.717) is 41.2 Å². The molecule has 0 N–H and O–H groups in total. The minimum atomic E-state index is -0.464. The number of non-ortho nitro benzene ring substituents is 1. The lowest BCUT2D eigenvalue weighted by Gasteiger charge is -2.17. The quantitative estimate of drug-likeness (QED) is 0.481. The van der Waals surface area contributed by atoms with Crippen LogP contribution in [0.3, 0.4) is 0 Å². The molecular formula is C15H14ClNO4. The highest BCUT2D eigenvalue weighted by molar-refractivity contribution is 6.30. The smallest absolute Gasteiger partial charge is 0.334 e. The number of nitro benzene ring substituents is 1. The molecule has 21 heavy (non-hydrogen) atoms. The van der Waals surface area contributed by atoms with Gasteiger partial charge in [0.2, 0.25) is 0 Å². The van der Waals surface area contributed by atoms with Crippen molar-refractivity contribution >= 4 is 28.8 Å². The summed E-state index contributed by atoms with van der Waals surface area (Å²) in [7, 11) is 0. The molecule has 1 aliphatic rings. The molecule has 1 aromatic carbocycles. The fourth-order valence-electron chi connectivity index (χ4n) is 2.15. The van der Waals surface area contributed by atoms with Crippen LogP contribution in [-0.2, 0) is 9.53 Å². The number of hydrogen-bond donors (Lipinski definition) is 0. The number of carbonyl (C=O) groups excluding carboxylic acids is 1. The Labute approximate surface area is 127 Å². The molecule has 0 bridgehead atoms. The maximum Gasteiger partial charge on any atom is 0.334 e. The highest BCUT2D eigenvalue weighted by Crippen LogP contribution is 2.33. The first-order chi connectivity index (χ1) is 10.0. The Hall–Kier alpha value is -2.14. The van der Waals surface area contributed by atoms with E-state index in [4.69, 9.17) is 16.3 Å². The standard InChI is InChI=1S/C15H14ClNO4/c1-2-21-15(18)13-8-5-11(16)9-14(13)10-3-6-12(7-4-10)17(19)20/h3-4,6-7,9H,2,5,8H2,1H3. The third-order valence-corrected chi connectivity index (χ3v) is 3.45. The number of ether oxygens (including phenoxy) is 1. The number of nitrogens with zero attached hydrogens (tertiary/aromatic N) is 1. The van der Waals surface area contributed by atoms with Gasteiger partial charge in [-0.2, -0.15) is 0 Å². The maximum absolute atomic E-state index is 12.0. The molecule has 2 rings (SSSR count). The van der Waals surface area contributed by atoms with E-state index >= 15 is 0 Å². The summed E-state index contributed by atoms with van der Waals surface area (Å²) in [5.74, 6) is -0.369. The molecule has 0 saturated heterocycles. The monoisotopic (exact) mass is 307 g/mol. The zero-order valence-corrected chi connectivity index (χ0v) is 12.2. The second-order valence-electron chi connectivity index (χ2n) is 4.51. The number of hydrogen-bond acceptors (Lipinski definition) is 4. The van der Waals surface area contributed by atoms with Gasteiger partial charge in [0.15, 0.2) is 0 Å². The molecule has 0 atom stereocenters. The van der Waals surface area contributed by atoms with E-state index in [9.17, 15) is 14.9 Å². The number of nitro groups is 1. The largest absolute Gasteiger partial charge is 0.463 e. The molecule has 0 spiro atoms. The van der Waals surface area contributed by atoms with Crippen LogP contribution in [0.15, 0.2) is 40.9 Å². The van der Waals surface area contributed by atoms with E-state index in [1.807, 2.05) is 0 Å². The number of halogens is 1. The first-order valence-electron chi connectivity index (χ1n) is 6.54. The van der Waals surface area contributed by atoms with Crippen molar-refractivity contribution < 1.29 is 14.5 Å². The highest BCUT2D eigenvalue weighted by Gasteiger charge is 2.21. The molecule has 5 nitrogen and oxygen atoms in total. The van der Waals surface area contributed by atoms with Gasteiger partial charge in [0.25, 0.3) is 5.69 Å². The Kier molecular flexibility index (Phi) is 4.75. The molecule has 0 heterocycles. The van der Waals surface area contributed by atoms with Crippen LogP contribution in [0.4, 0.5) is 5.69 Å². The Bertz CT molecular complexity index is 632. The normalized spacial score (nSPS) is 14.7. The molecule has 0 aliphatic heterocycles. The molecule has 0 amide bonds. The van der Waals surface area contributed by atoms with Crippen LogP contribution in [0.25, 0.3) is 5.57 Å². The van der Waals surface area contributed by atoms with Gasteiger partial charge in [-0.15, -0.1) is 0 Å². The number of allylic oxidation sites excluding steroid dienone is 3. The summed E-state index contributed by atoms with van der Waals surface area (Å²) in [6, 6.07) is 6.03. The number of benzene rings is 1. The zero-order valence-electron chi connectivity index (χ0n) is 11.5. The molecule has 0 saturated carbocycles. The van der Waals surface area contributed by atoms with Crippen LogP contribution in [0.1, 0.15) is 25.3 Å². The van der Waals surface area contributed by atoms with Gasteiger partial charge in [-0.05, 0) is 49.1 Å². The van der Waals surface area contributed by atoms with Crippen LogP contribution < -0.4 is 0 Å². The number of rotatable bonds is 4. The Morgan fingerprint density at radius 1 is 1.33 bits per heavy atom. The summed E-state index contributed by atoms with van der Waals surface area (Å²) in [6.45, 7) is 2.04. The van der Waals surface area contributed by atoms with Gasteiger partial charge in [0, 0.05) is 22.7 Å². The summed E-state index contributed by atoms with van der Waals surface area (Å²) in [4.78, 5) is 22.2. The molecule has 110 valence electrons. The first kappa shape index (κ1) is 15.3. The van der Waals surface area contributed by atoms with Crippen LogP contribution in [0.2, 0.25) is 0 Å². The third-order valence-electron chi connectivity index (χ3n) is 3.15. The van der Waals surface area contributed by atoms with Crippen LogP contribution in [0, 0.1) is 10.1 Å².